The second kappa shape index (κ2) is 4.07. The molecule has 0 atom stereocenters. The Balaban J connectivity index is 2.59. The molecule has 0 amide bonds. The van der Waals surface area contributed by atoms with E-state index in [1.165, 1.54) is 4.31 Å². The van der Waals surface area contributed by atoms with Crippen molar-refractivity contribution in [1.82, 2.24) is 4.31 Å². The predicted molar refractivity (Wildman–Crippen MR) is 49.4 cm³/mol. The number of hydrogen-bond donors (Lipinski definition) is 0. The fraction of sp³-hybridized carbons (Fsp3) is 0.875. The molecule has 74 valence electrons. The first-order valence-corrected chi connectivity index (χ1v) is 6.02. The summed E-state index contributed by atoms with van der Waals surface area (Å²) in [5, 5.41) is 8.33. The van der Waals surface area contributed by atoms with Gasteiger partial charge in [-0.1, -0.05) is 6.92 Å². The molecule has 1 heterocycles. The molecule has 0 aromatic carbocycles. The molecule has 0 spiro atoms. The monoisotopic (exact) mass is 202 g/mol. The highest BCUT2D eigenvalue weighted by molar-refractivity contribution is 7.89. The van der Waals surface area contributed by atoms with Crippen molar-refractivity contribution in [2.75, 3.05) is 18.8 Å². The molecular formula is C8H14N2O2S. The summed E-state index contributed by atoms with van der Waals surface area (Å²) in [6, 6.07) is 1.69. The van der Waals surface area contributed by atoms with Gasteiger partial charge in [-0.3, -0.25) is 0 Å². The molecule has 1 saturated heterocycles. The van der Waals surface area contributed by atoms with Crippen LogP contribution >= 0.6 is 0 Å². The molecule has 0 aliphatic carbocycles. The van der Waals surface area contributed by atoms with Crippen LogP contribution in [0.25, 0.3) is 0 Å². The minimum atomic E-state index is -3.28. The van der Waals surface area contributed by atoms with Crippen molar-refractivity contribution in [3.63, 3.8) is 0 Å². The molecule has 13 heavy (non-hydrogen) atoms. The molecule has 4 nitrogen and oxygen atoms in total. The van der Waals surface area contributed by atoms with E-state index >= 15 is 0 Å². The lowest BCUT2D eigenvalue weighted by Gasteiger charge is -2.28. The van der Waals surface area contributed by atoms with Crippen molar-refractivity contribution in [2.24, 2.45) is 5.92 Å². The summed E-state index contributed by atoms with van der Waals surface area (Å²) < 4.78 is 24.2. The third-order valence-electron chi connectivity index (χ3n) is 2.38. The largest absolute Gasteiger partial charge is 0.227 e. The first kappa shape index (κ1) is 10.5. The Labute approximate surface area is 79.2 Å². The standard InChI is InChI=1S/C8H14N2O2S/c1-8-2-5-10(6-3-8)13(11,12)7-4-9/h8H,2-3,5-7H2,1H3. The Morgan fingerprint density at radius 3 is 2.46 bits per heavy atom. The highest BCUT2D eigenvalue weighted by Gasteiger charge is 2.25. The van der Waals surface area contributed by atoms with Crippen LogP contribution in [0.3, 0.4) is 0 Å². The predicted octanol–water partition coefficient (Wildman–Crippen LogP) is 0.572. The van der Waals surface area contributed by atoms with Gasteiger partial charge in [-0.25, -0.2) is 12.7 Å². The molecular weight excluding hydrogens is 188 g/mol. The number of sulfonamides is 1. The van der Waals surface area contributed by atoms with Crippen molar-refractivity contribution in [1.29, 1.82) is 5.26 Å². The molecule has 1 fully saturated rings. The normalized spacial score (nSPS) is 21.2. The van der Waals surface area contributed by atoms with Crippen molar-refractivity contribution in [3.05, 3.63) is 0 Å². The van der Waals surface area contributed by atoms with Crippen LogP contribution in [0.2, 0.25) is 0 Å². The lowest BCUT2D eigenvalue weighted by Crippen LogP contribution is -2.38. The first-order chi connectivity index (χ1) is 6.06. The van der Waals surface area contributed by atoms with Crippen LogP contribution in [0.5, 0.6) is 0 Å². The molecule has 0 aromatic heterocycles. The Morgan fingerprint density at radius 1 is 1.46 bits per heavy atom. The summed E-state index contributed by atoms with van der Waals surface area (Å²) in [7, 11) is -3.28. The maximum Gasteiger partial charge on any atom is 0.227 e. The average molecular weight is 202 g/mol. The maximum absolute atomic E-state index is 11.4. The summed E-state index contributed by atoms with van der Waals surface area (Å²) >= 11 is 0. The van der Waals surface area contributed by atoms with E-state index < -0.39 is 10.0 Å². The number of nitrogens with zero attached hydrogens (tertiary/aromatic N) is 2. The van der Waals surface area contributed by atoms with E-state index in [-0.39, 0.29) is 5.75 Å². The third-order valence-corrected chi connectivity index (χ3v) is 4.03. The van der Waals surface area contributed by atoms with Gasteiger partial charge in [0.1, 0.15) is 0 Å². The molecule has 0 saturated carbocycles. The molecule has 0 radical (unpaired) electrons. The first-order valence-electron chi connectivity index (χ1n) is 4.41. The van der Waals surface area contributed by atoms with E-state index in [1.807, 2.05) is 0 Å². The van der Waals surface area contributed by atoms with Gasteiger partial charge in [0.2, 0.25) is 10.0 Å². The van der Waals surface area contributed by atoms with Crippen LogP contribution in [-0.4, -0.2) is 31.6 Å². The van der Waals surface area contributed by atoms with Gasteiger partial charge in [-0.05, 0) is 18.8 Å². The van der Waals surface area contributed by atoms with Crippen molar-refractivity contribution in [3.8, 4) is 6.07 Å². The van der Waals surface area contributed by atoms with E-state index in [0.29, 0.717) is 19.0 Å². The lowest BCUT2D eigenvalue weighted by atomic mass is 10.0. The van der Waals surface area contributed by atoms with E-state index in [0.717, 1.165) is 12.8 Å². The Bertz CT molecular complexity index is 297. The fourth-order valence-corrected chi connectivity index (χ4v) is 2.55. The summed E-state index contributed by atoms with van der Waals surface area (Å²) in [5.41, 5.74) is 0. The summed E-state index contributed by atoms with van der Waals surface area (Å²) in [6.07, 6.45) is 1.81. The zero-order valence-electron chi connectivity index (χ0n) is 7.73. The summed E-state index contributed by atoms with van der Waals surface area (Å²) in [4.78, 5) is 0. The second-order valence-corrected chi connectivity index (χ2v) is 5.46. The van der Waals surface area contributed by atoms with E-state index in [2.05, 4.69) is 6.92 Å². The topological polar surface area (TPSA) is 61.2 Å². The number of piperidine rings is 1. The molecule has 1 aliphatic rings. The maximum atomic E-state index is 11.4. The minimum absolute atomic E-state index is 0.388. The van der Waals surface area contributed by atoms with Gasteiger partial charge in [0.05, 0.1) is 6.07 Å². The minimum Gasteiger partial charge on any atom is -0.211 e. The Kier molecular flexibility index (Phi) is 3.28. The number of nitriles is 1. The molecule has 1 rings (SSSR count). The van der Waals surface area contributed by atoms with Crippen molar-refractivity contribution < 1.29 is 8.42 Å². The lowest BCUT2D eigenvalue weighted by molar-refractivity contribution is 0.289. The highest BCUT2D eigenvalue weighted by atomic mass is 32.2. The Morgan fingerprint density at radius 2 is 2.00 bits per heavy atom. The van der Waals surface area contributed by atoms with Gasteiger partial charge in [0.25, 0.3) is 0 Å². The molecule has 0 N–H and O–H groups in total. The van der Waals surface area contributed by atoms with Crippen molar-refractivity contribution in [2.45, 2.75) is 19.8 Å². The zero-order chi connectivity index (χ0) is 9.90. The van der Waals surface area contributed by atoms with Gasteiger partial charge < -0.3 is 0 Å². The van der Waals surface area contributed by atoms with E-state index in [9.17, 15) is 8.42 Å². The third kappa shape index (κ3) is 2.68. The van der Waals surface area contributed by atoms with Gasteiger partial charge in [-0.15, -0.1) is 0 Å². The molecule has 0 unspecified atom stereocenters. The molecule has 0 aromatic rings. The van der Waals surface area contributed by atoms with Crippen LogP contribution in [0.15, 0.2) is 0 Å². The summed E-state index contributed by atoms with van der Waals surface area (Å²) in [6.45, 7) is 3.27. The summed E-state index contributed by atoms with van der Waals surface area (Å²) in [5.74, 6) is 0.218. The van der Waals surface area contributed by atoms with Crippen molar-refractivity contribution >= 4 is 10.0 Å². The van der Waals surface area contributed by atoms with Crippen LogP contribution in [0.4, 0.5) is 0 Å². The van der Waals surface area contributed by atoms with Gasteiger partial charge in [0.15, 0.2) is 5.75 Å². The molecule has 1 aliphatic heterocycles. The van der Waals surface area contributed by atoms with Crippen LogP contribution < -0.4 is 0 Å². The van der Waals surface area contributed by atoms with Gasteiger partial charge in [0, 0.05) is 13.1 Å². The van der Waals surface area contributed by atoms with Crippen LogP contribution in [-0.2, 0) is 10.0 Å². The number of rotatable bonds is 2. The smallest absolute Gasteiger partial charge is 0.211 e. The Hall–Kier alpha value is -0.600. The number of hydrogen-bond acceptors (Lipinski definition) is 3. The SMILES string of the molecule is CC1CCN(S(=O)(=O)CC#N)CC1. The van der Waals surface area contributed by atoms with Gasteiger partial charge >= 0.3 is 0 Å². The fourth-order valence-electron chi connectivity index (χ4n) is 1.44. The highest BCUT2D eigenvalue weighted by Crippen LogP contribution is 2.18. The average Bonchev–Trinajstić information content (AvgIpc) is 2.05. The van der Waals surface area contributed by atoms with E-state index in [4.69, 9.17) is 5.26 Å². The molecule has 0 bridgehead atoms. The van der Waals surface area contributed by atoms with Gasteiger partial charge in [-0.2, -0.15) is 5.26 Å². The molecule has 5 heteroatoms. The van der Waals surface area contributed by atoms with Crippen LogP contribution in [0, 0.1) is 17.2 Å². The zero-order valence-corrected chi connectivity index (χ0v) is 8.55. The quantitative estimate of drug-likeness (QED) is 0.657. The van der Waals surface area contributed by atoms with E-state index in [1.54, 1.807) is 6.07 Å². The second-order valence-electron chi connectivity index (χ2n) is 3.50. The van der Waals surface area contributed by atoms with Crippen LogP contribution in [0.1, 0.15) is 19.8 Å².